The van der Waals surface area contributed by atoms with Crippen LogP contribution in [0.15, 0.2) is 30.3 Å². The molecule has 0 bridgehead atoms. The number of hydrogen-bond donors (Lipinski definition) is 0. The summed E-state index contributed by atoms with van der Waals surface area (Å²) in [7, 11) is 1.76. The van der Waals surface area contributed by atoms with E-state index < -0.39 is 0 Å². The summed E-state index contributed by atoms with van der Waals surface area (Å²) in [5, 5.41) is 0. The van der Waals surface area contributed by atoms with E-state index in [4.69, 9.17) is 0 Å². The molecule has 4 nitrogen and oxygen atoms in total. The Labute approximate surface area is 120 Å². The third-order valence-corrected chi connectivity index (χ3v) is 3.77. The van der Waals surface area contributed by atoms with Crippen LogP contribution in [-0.2, 0) is 9.59 Å². The van der Waals surface area contributed by atoms with Gasteiger partial charge in [0.1, 0.15) is 6.54 Å². The molecule has 1 aromatic carbocycles. The molecule has 0 radical (unpaired) electrons. The van der Waals surface area contributed by atoms with Crippen molar-refractivity contribution < 1.29 is 9.59 Å². The van der Waals surface area contributed by atoms with Crippen molar-refractivity contribution in [3.63, 3.8) is 0 Å². The zero-order valence-electron chi connectivity index (χ0n) is 12.0. The van der Waals surface area contributed by atoms with Crippen molar-refractivity contribution in [2.24, 2.45) is 0 Å². The molecule has 1 aliphatic rings. The second kappa shape index (κ2) is 7.08. The van der Waals surface area contributed by atoms with Gasteiger partial charge in [0, 0.05) is 25.7 Å². The number of rotatable bonds is 3. The molecule has 0 aromatic heterocycles. The van der Waals surface area contributed by atoms with E-state index in [1.165, 1.54) is 0 Å². The Morgan fingerprint density at radius 1 is 1.15 bits per heavy atom. The molecule has 0 unspecified atom stereocenters. The van der Waals surface area contributed by atoms with Gasteiger partial charge in [0.05, 0.1) is 0 Å². The van der Waals surface area contributed by atoms with E-state index in [0.717, 1.165) is 31.4 Å². The first-order chi connectivity index (χ1) is 9.68. The van der Waals surface area contributed by atoms with E-state index in [9.17, 15) is 9.59 Å². The van der Waals surface area contributed by atoms with Crippen molar-refractivity contribution >= 4 is 17.5 Å². The molecule has 4 heteroatoms. The number of hydrogen-bond acceptors (Lipinski definition) is 2. The number of anilines is 1. The fraction of sp³-hybridized carbons (Fsp3) is 0.500. The minimum Gasteiger partial charge on any atom is -0.333 e. The van der Waals surface area contributed by atoms with Crippen LogP contribution in [0.2, 0.25) is 0 Å². The first-order valence-electron chi connectivity index (χ1n) is 7.28. The number of carbonyl (C=O) groups excluding carboxylic acids is 2. The van der Waals surface area contributed by atoms with Gasteiger partial charge < -0.3 is 9.80 Å². The molecule has 0 saturated carbocycles. The quantitative estimate of drug-likeness (QED) is 0.849. The predicted octanol–water partition coefficient (Wildman–Crippen LogP) is 2.44. The highest BCUT2D eigenvalue weighted by Crippen LogP contribution is 2.14. The SMILES string of the molecule is CN(C(=O)CN1CCCCCCC1=O)c1ccccc1. The van der Waals surface area contributed by atoms with Crippen molar-refractivity contribution in [3.8, 4) is 0 Å². The molecule has 1 heterocycles. The summed E-state index contributed by atoms with van der Waals surface area (Å²) in [6.07, 6.45) is 4.78. The van der Waals surface area contributed by atoms with Gasteiger partial charge in [0.15, 0.2) is 0 Å². The number of likely N-dealkylation sites (tertiary alicyclic amines) is 1. The maximum Gasteiger partial charge on any atom is 0.246 e. The number of nitrogens with zero attached hydrogens (tertiary/aromatic N) is 2. The second-order valence-corrected chi connectivity index (χ2v) is 5.27. The standard InChI is InChI=1S/C16H22N2O2/c1-17(14-9-5-4-6-10-14)16(20)13-18-12-8-3-2-7-11-15(18)19/h4-6,9-10H,2-3,7-8,11-13H2,1H3. The van der Waals surface area contributed by atoms with Gasteiger partial charge >= 0.3 is 0 Å². The van der Waals surface area contributed by atoms with Crippen LogP contribution >= 0.6 is 0 Å². The van der Waals surface area contributed by atoms with Crippen LogP contribution in [0.4, 0.5) is 5.69 Å². The minimum absolute atomic E-state index is 0.0369. The average molecular weight is 274 g/mol. The third kappa shape index (κ3) is 3.83. The molecule has 2 amide bonds. The van der Waals surface area contributed by atoms with E-state index in [1.54, 1.807) is 16.8 Å². The maximum atomic E-state index is 12.3. The highest BCUT2D eigenvalue weighted by atomic mass is 16.2. The van der Waals surface area contributed by atoms with E-state index in [1.807, 2.05) is 30.3 Å². The zero-order valence-corrected chi connectivity index (χ0v) is 12.0. The molecule has 2 rings (SSSR count). The summed E-state index contributed by atoms with van der Waals surface area (Å²) in [5.74, 6) is 0.0737. The zero-order chi connectivity index (χ0) is 14.4. The highest BCUT2D eigenvalue weighted by molar-refractivity contribution is 5.96. The van der Waals surface area contributed by atoms with Gasteiger partial charge in [-0.2, -0.15) is 0 Å². The molecular weight excluding hydrogens is 252 g/mol. The van der Waals surface area contributed by atoms with E-state index in [0.29, 0.717) is 13.0 Å². The summed E-state index contributed by atoms with van der Waals surface area (Å²) in [4.78, 5) is 27.6. The molecule has 1 aliphatic heterocycles. The van der Waals surface area contributed by atoms with Gasteiger partial charge in [-0.15, -0.1) is 0 Å². The summed E-state index contributed by atoms with van der Waals surface area (Å²) >= 11 is 0. The lowest BCUT2D eigenvalue weighted by Gasteiger charge is -2.26. The largest absolute Gasteiger partial charge is 0.333 e. The minimum atomic E-state index is -0.0369. The first-order valence-corrected chi connectivity index (χ1v) is 7.28. The molecular formula is C16H22N2O2. The smallest absolute Gasteiger partial charge is 0.246 e. The van der Waals surface area contributed by atoms with Gasteiger partial charge in [-0.3, -0.25) is 9.59 Å². The van der Waals surface area contributed by atoms with Crippen LogP contribution in [0.3, 0.4) is 0 Å². The van der Waals surface area contributed by atoms with Crippen LogP contribution < -0.4 is 4.90 Å². The molecule has 1 saturated heterocycles. The van der Waals surface area contributed by atoms with Crippen molar-refractivity contribution in [1.29, 1.82) is 0 Å². The molecule has 1 fully saturated rings. The Morgan fingerprint density at radius 3 is 2.60 bits per heavy atom. The Bertz CT molecular complexity index is 459. The lowest BCUT2D eigenvalue weighted by molar-refractivity contribution is -0.135. The number of carbonyl (C=O) groups is 2. The van der Waals surface area contributed by atoms with E-state index in [2.05, 4.69) is 0 Å². The van der Waals surface area contributed by atoms with Gasteiger partial charge in [0.25, 0.3) is 0 Å². The van der Waals surface area contributed by atoms with E-state index >= 15 is 0 Å². The lowest BCUT2D eigenvalue weighted by atomic mass is 10.1. The normalized spacial score (nSPS) is 16.4. The molecule has 108 valence electrons. The molecule has 0 atom stereocenters. The van der Waals surface area contributed by atoms with Crippen molar-refractivity contribution in [1.82, 2.24) is 4.90 Å². The number of para-hydroxylation sites is 1. The van der Waals surface area contributed by atoms with Crippen LogP contribution in [-0.4, -0.2) is 36.9 Å². The Hall–Kier alpha value is -1.84. The third-order valence-electron chi connectivity index (χ3n) is 3.77. The molecule has 1 aromatic rings. The monoisotopic (exact) mass is 274 g/mol. The van der Waals surface area contributed by atoms with Crippen molar-refractivity contribution in [2.75, 3.05) is 25.0 Å². The fourth-order valence-corrected chi connectivity index (χ4v) is 2.45. The number of amides is 2. The lowest BCUT2D eigenvalue weighted by Crippen LogP contribution is -2.42. The van der Waals surface area contributed by atoms with Crippen LogP contribution in [0.5, 0.6) is 0 Å². The second-order valence-electron chi connectivity index (χ2n) is 5.27. The summed E-state index contributed by atoms with van der Waals surface area (Å²) in [5.41, 5.74) is 0.858. The van der Waals surface area contributed by atoms with Gasteiger partial charge in [-0.25, -0.2) is 0 Å². The maximum absolute atomic E-state index is 12.3. The summed E-state index contributed by atoms with van der Waals surface area (Å²) in [6, 6.07) is 9.52. The predicted molar refractivity (Wildman–Crippen MR) is 79.5 cm³/mol. The van der Waals surface area contributed by atoms with Crippen molar-refractivity contribution in [2.45, 2.75) is 32.1 Å². The fourth-order valence-electron chi connectivity index (χ4n) is 2.45. The van der Waals surface area contributed by atoms with Crippen LogP contribution in [0.1, 0.15) is 32.1 Å². The Balaban J connectivity index is 1.97. The van der Waals surface area contributed by atoms with Crippen LogP contribution in [0.25, 0.3) is 0 Å². The number of likely N-dealkylation sites (N-methyl/N-ethyl adjacent to an activating group) is 1. The van der Waals surface area contributed by atoms with Crippen LogP contribution in [0, 0.1) is 0 Å². The molecule has 0 N–H and O–H groups in total. The average Bonchev–Trinajstić information content (AvgIpc) is 2.47. The Morgan fingerprint density at radius 2 is 1.85 bits per heavy atom. The number of benzene rings is 1. The summed E-state index contributed by atoms with van der Waals surface area (Å²) in [6.45, 7) is 0.886. The molecule has 0 spiro atoms. The molecule has 0 aliphatic carbocycles. The van der Waals surface area contributed by atoms with Gasteiger partial charge in [-0.05, 0) is 25.0 Å². The topological polar surface area (TPSA) is 40.6 Å². The van der Waals surface area contributed by atoms with Crippen molar-refractivity contribution in [3.05, 3.63) is 30.3 Å². The summed E-state index contributed by atoms with van der Waals surface area (Å²) < 4.78 is 0. The first kappa shape index (κ1) is 14.6. The van der Waals surface area contributed by atoms with Gasteiger partial charge in [-0.1, -0.05) is 31.0 Å². The van der Waals surface area contributed by atoms with E-state index in [-0.39, 0.29) is 18.4 Å². The van der Waals surface area contributed by atoms with Gasteiger partial charge in [0.2, 0.25) is 11.8 Å². The highest BCUT2D eigenvalue weighted by Gasteiger charge is 2.20. The Kier molecular flexibility index (Phi) is 5.16. The molecule has 20 heavy (non-hydrogen) atoms.